The molecule has 0 heterocycles. The minimum Gasteiger partial charge on any atom is -0.396 e. The summed E-state index contributed by atoms with van der Waals surface area (Å²) in [6, 6.07) is 8.50. The second-order valence-corrected chi connectivity index (χ2v) is 3.90. The number of nitrogens with one attached hydrogen (secondary N) is 1. The molecule has 14 heavy (non-hydrogen) atoms. The summed E-state index contributed by atoms with van der Waals surface area (Å²) >= 11 is 0. The Hall–Kier alpha value is -0.860. The van der Waals surface area contributed by atoms with Crippen LogP contribution in [-0.4, -0.2) is 18.3 Å². The van der Waals surface area contributed by atoms with Crippen molar-refractivity contribution in [2.24, 2.45) is 5.92 Å². The van der Waals surface area contributed by atoms with Crippen LogP contribution < -0.4 is 5.32 Å². The van der Waals surface area contributed by atoms with Gasteiger partial charge in [0.25, 0.3) is 0 Å². The molecule has 0 aromatic heterocycles. The lowest BCUT2D eigenvalue weighted by atomic mass is 10.1. The molecule has 0 fully saturated rings. The zero-order chi connectivity index (χ0) is 10.4. The fourth-order valence-corrected chi connectivity index (χ4v) is 1.23. The van der Waals surface area contributed by atoms with E-state index >= 15 is 0 Å². The number of aryl methyl sites for hydroxylation is 1. The number of hydrogen-bond donors (Lipinski definition) is 2. The van der Waals surface area contributed by atoms with Gasteiger partial charge in [-0.1, -0.05) is 36.8 Å². The van der Waals surface area contributed by atoms with Crippen molar-refractivity contribution in [3.63, 3.8) is 0 Å². The van der Waals surface area contributed by atoms with Gasteiger partial charge in [0.15, 0.2) is 0 Å². The highest BCUT2D eigenvalue weighted by molar-refractivity contribution is 5.20. The van der Waals surface area contributed by atoms with Gasteiger partial charge in [-0.15, -0.1) is 0 Å². The molecule has 0 saturated heterocycles. The van der Waals surface area contributed by atoms with E-state index in [4.69, 9.17) is 5.11 Å². The molecule has 1 aromatic carbocycles. The molecule has 0 amide bonds. The highest BCUT2D eigenvalue weighted by atomic mass is 16.3. The number of aliphatic hydroxyl groups is 1. The van der Waals surface area contributed by atoms with Crippen LogP contribution in [0.15, 0.2) is 24.3 Å². The topological polar surface area (TPSA) is 32.3 Å². The normalized spacial score (nSPS) is 12.8. The van der Waals surface area contributed by atoms with Crippen LogP contribution in [0.25, 0.3) is 0 Å². The van der Waals surface area contributed by atoms with Gasteiger partial charge >= 0.3 is 0 Å². The van der Waals surface area contributed by atoms with Crippen LogP contribution in [0.2, 0.25) is 0 Å². The van der Waals surface area contributed by atoms with Gasteiger partial charge in [0.05, 0.1) is 0 Å². The number of benzene rings is 1. The quantitative estimate of drug-likeness (QED) is 0.746. The first-order chi connectivity index (χ1) is 6.72. The fourth-order valence-electron chi connectivity index (χ4n) is 1.23. The molecule has 1 unspecified atom stereocenters. The molecular weight excluding hydrogens is 174 g/mol. The molecule has 78 valence electrons. The Kier molecular flexibility index (Phi) is 4.63. The second kappa shape index (κ2) is 5.78. The van der Waals surface area contributed by atoms with E-state index in [9.17, 15) is 0 Å². The highest BCUT2D eigenvalue weighted by Crippen LogP contribution is 2.02. The van der Waals surface area contributed by atoms with Crippen LogP contribution in [0.1, 0.15) is 18.1 Å². The lowest BCUT2D eigenvalue weighted by molar-refractivity contribution is 0.233. The van der Waals surface area contributed by atoms with E-state index in [0.717, 1.165) is 13.1 Å². The standard InChI is InChI=1S/C12H19NO/c1-10-3-5-12(6-4-10)8-13-7-11(2)9-14/h3-6,11,13-14H,7-9H2,1-2H3. The van der Waals surface area contributed by atoms with Gasteiger partial charge in [-0.05, 0) is 18.4 Å². The van der Waals surface area contributed by atoms with Crippen LogP contribution in [-0.2, 0) is 6.54 Å². The molecule has 0 aliphatic rings. The van der Waals surface area contributed by atoms with Gasteiger partial charge in [0, 0.05) is 19.7 Å². The first-order valence-corrected chi connectivity index (χ1v) is 5.09. The van der Waals surface area contributed by atoms with Crippen LogP contribution in [0.4, 0.5) is 0 Å². The maximum atomic E-state index is 8.83. The van der Waals surface area contributed by atoms with Gasteiger partial charge in [0.2, 0.25) is 0 Å². The van der Waals surface area contributed by atoms with E-state index in [1.54, 1.807) is 0 Å². The van der Waals surface area contributed by atoms with Crippen molar-refractivity contribution in [3.05, 3.63) is 35.4 Å². The third-order valence-corrected chi connectivity index (χ3v) is 2.25. The summed E-state index contributed by atoms with van der Waals surface area (Å²) in [4.78, 5) is 0. The average Bonchev–Trinajstić information content (AvgIpc) is 2.21. The van der Waals surface area contributed by atoms with E-state index in [1.165, 1.54) is 11.1 Å². The monoisotopic (exact) mass is 193 g/mol. The number of hydrogen-bond acceptors (Lipinski definition) is 2. The molecule has 2 nitrogen and oxygen atoms in total. The number of aliphatic hydroxyl groups excluding tert-OH is 1. The molecule has 2 N–H and O–H groups in total. The van der Waals surface area contributed by atoms with Gasteiger partial charge in [-0.3, -0.25) is 0 Å². The first kappa shape index (κ1) is 11.2. The van der Waals surface area contributed by atoms with Crippen molar-refractivity contribution in [1.29, 1.82) is 0 Å². The third-order valence-electron chi connectivity index (χ3n) is 2.25. The average molecular weight is 193 g/mol. The Morgan fingerprint density at radius 2 is 1.93 bits per heavy atom. The minimum absolute atomic E-state index is 0.251. The van der Waals surface area contributed by atoms with Crippen LogP contribution in [0.5, 0.6) is 0 Å². The lowest BCUT2D eigenvalue weighted by Crippen LogP contribution is -2.22. The fraction of sp³-hybridized carbons (Fsp3) is 0.500. The molecule has 2 heteroatoms. The van der Waals surface area contributed by atoms with Gasteiger partial charge in [-0.2, -0.15) is 0 Å². The Balaban J connectivity index is 2.28. The zero-order valence-electron chi connectivity index (χ0n) is 8.96. The van der Waals surface area contributed by atoms with Crippen molar-refractivity contribution in [1.82, 2.24) is 5.32 Å². The van der Waals surface area contributed by atoms with Crippen molar-refractivity contribution in [2.75, 3.05) is 13.2 Å². The zero-order valence-corrected chi connectivity index (χ0v) is 8.96. The highest BCUT2D eigenvalue weighted by Gasteiger charge is 1.98. The molecular formula is C12H19NO. The summed E-state index contributed by atoms with van der Waals surface area (Å²) < 4.78 is 0. The molecule has 0 aliphatic carbocycles. The van der Waals surface area contributed by atoms with Crippen molar-refractivity contribution in [3.8, 4) is 0 Å². The van der Waals surface area contributed by atoms with Gasteiger partial charge < -0.3 is 10.4 Å². The van der Waals surface area contributed by atoms with Gasteiger partial charge in [-0.25, -0.2) is 0 Å². The summed E-state index contributed by atoms with van der Waals surface area (Å²) in [6.45, 7) is 6.11. The van der Waals surface area contributed by atoms with E-state index in [1.807, 2.05) is 6.92 Å². The first-order valence-electron chi connectivity index (χ1n) is 5.09. The van der Waals surface area contributed by atoms with Crippen molar-refractivity contribution < 1.29 is 5.11 Å². The number of rotatable bonds is 5. The Morgan fingerprint density at radius 3 is 2.50 bits per heavy atom. The van der Waals surface area contributed by atoms with Crippen molar-refractivity contribution in [2.45, 2.75) is 20.4 Å². The summed E-state index contributed by atoms with van der Waals surface area (Å²) in [5, 5.41) is 12.1. The summed E-state index contributed by atoms with van der Waals surface area (Å²) in [7, 11) is 0. The predicted octanol–water partition coefficient (Wildman–Crippen LogP) is 1.71. The maximum absolute atomic E-state index is 8.83. The molecule has 0 saturated carbocycles. The summed E-state index contributed by atoms with van der Waals surface area (Å²) in [5.74, 6) is 0.334. The smallest absolute Gasteiger partial charge is 0.0468 e. The molecule has 1 aromatic rings. The molecule has 1 rings (SSSR count). The Morgan fingerprint density at radius 1 is 1.29 bits per heavy atom. The summed E-state index contributed by atoms with van der Waals surface area (Å²) in [6.07, 6.45) is 0. The molecule has 0 radical (unpaired) electrons. The predicted molar refractivity (Wildman–Crippen MR) is 59.1 cm³/mol. The Bertz CT molecular complexity index is 256. The molecule has 0 aliphatic heterocycles. The van der Waals surface area contributed by atoms with E-state index < -0.39 is 0 Å². The molecule has 0 bridgehead atoms. The van der Waals surface area contributed by atoms with Crippen LogP contribution in [0, 0.1) is 12.8 Å². The molecule has 0 spiro atoms. The summed E-state index contributed by atoms with van der Waals surface area (Å²) in [5.41, 5.74) is 2.58. The maximum Gasteiger partial charge on any atom is 0.0468 e. The van der Waals surface area contributed by atoms with Crippen LogP contribution in [0.3, 0.4) is 0 Å². The SMILES string of the molecule is Cc1ccc(CNCC(C)CO)cc1. The third kappa shape index (κ3) is 3.90. The van der Waals surface area contributed by atoms with Crippen molar-refractivity contribution >= 4 is 0 Å². The van der Waals surface area contributed by atoms with E-state index in [-0.39, 0.29) is 6.61 Å². The van der Waals surface area contributed by atoms with Gasteiger partial charge in [0.1, 0.15) is 0 Å². The lowest BCUT2D eigenvalue weighted by Gasteiger charge is -2.09. The van der Waals surface area contributed by atoms with E-state index in [2.05, 4.69) is 36.5 Å². The van der Waals surface area contributed by atoms with E-state index in [0.29, 0.717) is 5.92 Å². The second-order valence-electron chi connectivity index (χ2n) is 3.90. The largest absolute Gasteiger partial charge is 0.396 e. The Labute approximate surface area is 86.0 Å². The van der Waals surface area contributed by atoms with Crippen LogP contribution >= 0.6 is 0 Å². The molecule has 1 atom stereocenters. The minimum atomic E-state index is 0.251.